The molecule has 0 bridgehead atoms. The summed E-state index contributed by atoms with van der Waals surface area (Å²) in [6.07, 6.45) is 0. The van der Waals surface area contributed by atoms with Gasteiger partial charge in [0, 0.05) is 16.6 Å². The molecular formula is C35H38BrN3O5S. The summed E-state index contributed by atoms with van der Waals surface area (Å²) < 4.78 is 36.0. The van der Waals surface area contributed by atoms with Crippen LogP contribution in [0.5, 0.6) is 11.5 Å². The summed E-state index contributed by atoms with van der Waals surface area (Å²) in [4.78, 5) is 28.9. The van der Waals surface area contributed by atoms with E-state index in [1.807, 2.05) is 82.3 Å². The molecule has 2 amide bonds. The molecule has 4 aromatic rings. The molecule has 4 aromatic carbocycles. The lowest BCUT2D eigenvalue weighted by molar-refractivity contribution is -0.140. The lowest BCUT2D eigenvalue weighted by atomic mass is 10.1. The maximum Gasteiger partial charge on any atom is 0.264 e. The van der Waals surface area contributed by atoms with Crippen LogP contribution >= 0.6 is 15.9 Å². The predicted molar refractivity (Wildman–Crippen MR) is 181 cm³/mol. The monoisotopic (exact) mass is 691 g/mol. The normalized spacial score (nSPS) is 12.2. The van der Waals surface area contributed by atoms with Crippen LogP contribution in [-0.2, 0) is 26.2 Å². The van der Waals surface area contributed by atoms with Crippen LogP contribution in [0.25, 0.3) is 0 Å². The summed E-state index contributed by atoms with van der Waals surface area (Å²) in [5.41, 5.74) is 1.43. The topological polar surface area (TPSA) is 96.0 Å². The van der Waals surface area contributed by atoms with E-state index in [9.17, 15) is 18.0 Å². The van der Waals surface area contributed by atoms with Crippen LogP contribution in [0.3, 0.4) is 0 Å². The summed E-state index contributed by atoms with van der Waals surface area (Å²) in [6.45, 7) is 8.66. The van der Waals surface area contributed by atoms with Gasteiger partial charge in [-0.2, -0.15) is 0 Å². The highest BCUT2D eigenvalue weighted by Gasteiger charge is 2.33. The summed E-state index contributed by atoms with van der Waals surface area (Å²) in [5.74, 6) is 0.260. The van der Waals surface area contributed by atoms with Crippen LogP contribution < -0.4 is 14.4 Å². The Labute approximate surface area is 274 Å². The minimum Gasteiger partial charge on any atom is -0.457 e. The highest BCUT2D eigenvalue weighted by molar-refractivity contribution is 9.10. The standard InChI is InChI=1S/C35H38BrN3O5S/c1-25-14-20-32(21-15-25)45(42,43)39(29-16-18-31(19-17-29)44-30-12-7-6-8-13-30)24-33(40)38(23-27-10-9-11-28(36)22-27)26(2)34(41)37-35(3,4)5/h6-22,26H,23-24H2,1-5H3,(H,37,41). The first-order valence-corrected chi connectivity index (χ1v) is 16.7. The minimum atomic E-state index is -4.19. The molecule has 0 aliphatic heterocycles. The molecule has 4 rings (SSSR count). The van der Waals surface area contributed by atoms with Crippen LogP contribution in [0, 0.1) is 6.92 Å². The van der Waals surface area contributed by atoms with Gasteiger partial charge in [0.1, 0.15) is 24.1 Å². The van der Waals surface area contributed by atoms with Gasteiger partial charge in [-0.25, -0.2) is 8.42 Å². The zero-order valence-electron chi connectivity index (χ0n) is 26.0. The molecule has 8 nitrogen and oxygen atoms in total. The first-order chi connectivity index (χ1) is 21.2. The highest BCUT2D eigenvalue weighted by atomic mass is 79.9. The smallest absolute Gasteiger partial charge is 0.264 e. The molecule has 236 valence electrons. The van der Waals surface area contributed by atoms with E-state index >= 15 is 0 Å². The Kier molecular flexibility index (Phi) is 10.7. The van der Waals surface area contributed by atoms with Gasteiger partial charge in [-0.1, -0.05) is 64.0 Å². The van der Waals surface area contributed by atoms with Crippen molar-refractivity contribution in [3.05, 3.63) is 119 Å². The Morgan fingerprint density at radius 2 is 1.49 bits per heavy atom. The number of ether oxygens (including phenoxy) is 1. The predicted octanol–water partition coefficient (Wildman–Crippen LogP) is 7.08. The fourth-order valence-electron chi connectivity index (χ4n) is 4.56. The van der Waals surface area contributed by atoms with Crippen molar-refractivity contribution in [1.29, 1.82) is 0 Å². The molecule has 0 aliphatic carbocycles. The zero-order chi connectivity index (χ0) is 32.8. The molecule has 45 heavy (non-hydrogen) atoms. The molecule has 1 N–H and O–H groups in total. The second kappa shape index (κ2) is 14.3. The van der Waals surface area contributed by atoms with Gasteiger partial charge in [0.05, 0.1) is 10.6 Å². The maximum atomic E-state index is 14.2. The van der Waals surface area contributed by atoms with Crippen molar-refractivity contribution in [2.45, 2.75) is 57.6 Å². The van der Waals surface area contributed by atoms with Gasteiger partial charge in [0.25, 0.3) is 10.0 Å². The zero-order valence-corrected chi connectivity index (χ0v) is 28.4. The maximum absolute atomic E-state index is 14.2. The van der Waals surface area contributed by atoms with Crippen molar-refractivity contribution in [2.24, 2.45) is 0 Å². The van der Waals surface area contributed by atoms with Crippen LogP contribution in [-0.4, -0.2) is 43.3 Å². The van der Waals surface area contributed by atoms with Gasteiger partial charge < -0.3 is 15.0 Å². The molecule has 10 heteroatoms. The lowest BCUT2D eigenvalue weighted by Gasteiger charge is -2.33. The number of benzene rings is 4. The molecule has 1 unspecified atom stereocenters. The lowest BCUT2D eigenvalue weighted by Crippen LogP contribution is -2.54. The fourth-order valence-corrected chi connectivity index (χ4v) is 6.42. The number of para-hydroxylation sites is 1. The Hall–Kier alpha value is -4.15. The third-order valence-corrected chi connectivity index (χ3v) is 9.18. The number of carbonyl (C=O) groups excluding carboxylic acids is 2. The van der Waals surface area contributed by atoms with Crippen molar-refractivity contribution >= 4 is 43.5 Å². The third kappa shape index (κ3) is 9.18. The van der Waals surface area contributed by atoms with Crippen molar-refractivity contribution in [2.75, 3.05) is 10.8 Å². The Morgan fingerprint density at radius 1 is 0.867 bits per heavy atom. The molecule has 0 radical (unpaired) electrons. The van der Waals surface area contributed by atoms with Crippen LogP contribution in [0.4, 0.5) is 5.69 Å². The molecule has 0 saturated carbocycles. The number of carbonyl (C=O) groups is 2. The second-order valence-corrected chi connectivity index (χ2v) is 14.6. The Morgan fingerprint density at radius 3 is 2.09 bits per heavy atom. The van der Waals surface area contributed by atoms with E-state index in [0.717, 1.165) is 19.9 Å². The average Bonchev–Trinajstić information content (AvgIpc) is 2.98. The molecule has 0 fully saturated rings. The van der Waals surface area contributed by atoms with Gasteiger partial charge in [-0.15, -0.1) is 0 Å². The number of hydrogen-bond donors (Lipinski definition) is 1. The largest absolute Gasteiger partial charge is 0.457 e. The van der Waals surface area contributed by atoms with E-state index in [0.29, 0.717) is 11.5 Å². The van der Waals surface area contributed by atoms with Gasteiger partial charge in [0.15, 0.2) is 0 Å². The second-order valence-electron chi connectivity index (χ2n) is 11.8. The van der Waals surface area contributed by atoms with Crippen molar-refractivity contribution < 1.29 is 22.7 Å². The number of aryl methyl sites for hydroxylation is 1. The van der Waals surface area contributed by atoms with Gasteiger partial charge in [0.2, 0.25) is 11.8 Å². The molecule has 1 atom stereocenters. The van der Waals surface area contributed by atoms with E-state index in [1.165, 1.54) is 17.0 Å². The number of halogens is 1. The van der Waals surface area contributed by atoms with Crippen LogP contribution in [0.2, 0.25) is 0 Å². The molecular weight excluding hydrogens is 654 g/mol. The average molecular weight is 693 g/mol. The van der Waals surface area contributed by atoms with Crippen molar-refractivity contribution in [1.82, 2.24) is 10.2 Å². The summed E-state index contributed by atoms with van der Waals surface area (Å²) >= 11 is 3.47. The summed E-state index contributed by atoms with van der Waals surface area (Å²) in [5, 5.41) is 2.94. The van der Waals surface area contributed by atoms with E-state index < -0.39 is 34.1 Å². The number of amides is 2. The first-order valence-electron chi connectivity index (χ1n) is 14.5. The van der Waals surface area contributed by atoms with Crippen molar-refractivity contribution in [3.8, 4) is 11.5 Å². The number of sulfonamides is 1. The number of rotatable bonds is 11. The third-order valence-electron chi connectivity index (χ3n) is 6.90. The molecule has 0 saturated heterocycles. The van der Waals surface area contributed by atoms with E-state index in [1.54, 1.807) is 43.3 Å². The number of nitrogens with zero attached hydrogens (tertiary/aromatic N) is 2. The van der Waals surface area contributed by atoms with Gasteiger partial charge in [-0.3, -0.25) is 13.9 Å². The molecule has 0 heterocycles. The Balaban J connectivity index is 1.71. The number of nitrogens with one attached hydrogen (secondary N) is 1. The highest BCUT2D eigenvalue weighted by Crippen LogP contribution is 2.29. The minimum absolute atomic E-state index is 0.0441. The van der Waals surface area contributed by atoms with E-state index in [2.05, 4.69) is 21.2 Å². The first kappa shape index (κ1) is 33.7. The molecule has 0 spiro atoms. The number of hydrogen-bond acceptors (Lipinski definition) is 5. The van der Waals surface area contributed by atoms with Crippen molar-refractivity contribution in [3.63, 3.8) is 0 Å². The van der Waals surface area contributed by atoms with E-state index in [4.69, 9.17) is 4.74 Å². The summed E-state index contributed by atoms with van der Waals surface area (Å²) in [6, 6.07) is 28.7. The summed E-state index contributed by atoms with van der Waals surface area (Å²) in [7, 11) is -4.19. The van der Waals surface area contributed by atoms with Gasteiger partial charge >= 0.3 is 0 Å². The Bertz CT molecular complexity index is 1720. The number of anilines is 1. The molecule has 0 aliphatic rings. The molecule has 0 aromatic heterocycles. The van der Waals surface area contributed by atoms with E-state index in [-0.39, 0.29) is 23.0 Å². The van der Waals surface area contributed by atoms with Crippen LogP contribution in [0.1, 0.15) is 38.8 Å². The van der Waals surface area contributed by atoms with Crippen LogP contribution in [0.15, 0.2) is 112 Å². The van der Waals surface area contributed by atoms with Gasteiger partial charge in [-0.05, 0) is 101 Å². The quantitative estimate of drug-likeness (QED) is 0.181. The SMILES string of the molecule is Cc1ccc(S(=O)(=O)N(CC(=O)N(Cc2cccc(Br)c2)C(C)C(=O)NC(C)(C)C)c2ccc(Oc3ccccc3)cc2)cc1. The fraction of sp³-hybridized carbons (Fsp3) is 0.257.